The van der Waals surface area contributed by atoms with Gasteiger partial charge in [0.25, 0.3) is 0 Å². The summed E-state index contributed by atoms with van der Waals surface area (Å²) < 4.78 is 1.20. The molecule has 3 heterocycles. The molecule has 0 atom stereocenters. The molecule has 19 heavy (non-hydrogen) atoms. The SMILES string of the molecule is Brc1ccc(CCNCc2c[nH]c3ncccc23)s1. The number of hydrogen-bond acceptors (Lipinski definition) is 3. The minimum Gasteiger partial charge on any atom is -0.346 e. The van der Waals surface area contributed by atoms with E-state index < -0.39 is 0 Å². The van der Waals surface area contributed by atoms with Gasteiger partial charge in [-0.2, -0.15) is 0 Å². The molecule has 0 amide bonds. The van der Waals surface area contributed by atoms with Crippen LogP contribution in [0.5, 0.6) is 0 Å². The summed E-state index contributed by atoms with van der Waals surface area (Å²) in [5.74, 6) is 0. The molecule has 0 spiro atoms. The van der Waals surface area contributed by atoms with E-state index in [1.54, 1.807) is 11.3 Å². The number of thiophene rings is 1. The molecule has 0 aromatic carbocycles. The molecule has 0 aliphatic rings. The topological polar surface area (TPSA) is 40.7 Å². The van der Waals surface area contributed by atoms with Crippen LogP contribution < -0.4 is 5.32 Å². The Kier molecular flexibility index (Phi) is 3.96. The van der Waals surface area contributed by atoms with Crippen molar-refractivity contribution in [2.75, 3.05) is 6.54 Å². The average Bonchev–Trinajstić information content (AvgIpc) is 3.02. The molecule has 0 bridgehead atoms. The van der Waals surface area contributed by atoms with Gasteiger partial charge < -0.3 is 10.3 Å². The van der Waals surface area contributed by atoms with E-state index in [-0.39, 0.29) is 0 Å². The maximum atomic E-state index is 4.29. The normalized spacial score (nSPS) is 11.2. The van der Waals surface area contributed by atoms with Crippen molar-refractivity contribution in [3.63, 3.8) is 0 Å². The van der Waals surface area contributed by atoms with Crippen molar-refractivity contribution in [1.82, 2.24) is 15.3 Å². The van der Waals surface area contributed by atoms with Crippen LogP contribution in [-0.2, 0) is 13.0 Å². The number of H-pyrrole nitrogens is 1. The molecule has 2 N–H and O–H groups in total. The number of pyridine rings is 1. The summed E-state index contributed by atoms with van der Waals surface area (Å²) in [5.41, 5.74) is 2.23. The predicted octanol–water partition coefficient (Wildman–Crippen LogP) is 3.72. The fourth-order valence-electron chi connectivity index (χ4n) is 2.08. The second-order valence-electron chi connectivity index (χ2n) is 4.35. The summed E-state index contributed by atoms with van der Waals surface area (Å²) >= 11 is 5.29. The molecular formula is C14H14BrN3S. The first-order valence-electron chi connectivity index (χ1n) is 6.19. The van der Waals surface area contributed by atoms with E-state index >= 15 is 0 Å². The zero-order valence-corrected chi connectivity index (χ0v) is 12.7. The summed E-state index contributed by atoms with van der Waals surface area (Å²) in [5, 5.41) is 4.68. The van der Waals surface area contributed by atoms with E-state index in [9.17, 15) is 0 Å². The third-order valence-corrected chi connectivity index (χ3v) is 4.71. The van der Waals surface area contributed by atoms with E-state index in [1.165, 1.54) is 19.6 Å². The number of fused-ring (bicyclic) bond motifs is 1. The molecule has 3 nitrogen and oxygen atoms in total. The van der Waals surface area contributed by atoms with Gasteiger partial charge in [-0.15, -0.1) is 11.3 Å². The van der Waals surface area contributed by atoms with Crippen LogP contribution in [0.4, 0.5) is 0 Å². The van der Waals surface area contributed by atoms with Crippen molar-refractivity contribution in [3.8, 4) is 0 Å². The van der Waals surface area contributed by atoms with Crippen molar-refractivity contribution in [3.05, 3.63) is 50.9 Å². The fraction of sp³-hybridized carbons (Fsp3) is 0.214. The third-order valence-electron chi connectivity index (χ3n) is 3.03. The first-order chi connectivity index (χ1) is 9.33. The van der Waals surface area contributed by atoms with Gasteiger partial charge in [-0.25, -0.2) is 4.98 Å². The Bertz CT molecular complexity index is 674. The Morgan fingerprint density at radius 2 is 2.26 bits per heavy atom. The minimum atomic E-state index is 0.873. The highest BCUT2D eigenvalue weighted by Gasteiger charge is 2.03. The second kappa shape index (κ2) is 5.86. The zero-order valence-electron chi connectivity index (χ0n) is 10.3. The second-order valence-corrected chi connectivity index (χ2v) is 6.89. The monoisotopic (exact) mass is 335 g/mol. The third kappa shape index (κ3) is 3.05. The molecule has 0 radical (unpaired) electrons. The smallest absolute Gasteiger partial charge is 0.137 e. The summed E-state index contributed by atoms with van der Waals surface area (Å²) in [6, 6.07) is 8.35. The number of hydrogen-bond donors (Lipinski definition) is 2. The van der Waals surface area contributed by atoms with Crippen molar-refractivity contribution in [1.29, 1.82) is 0 Å². The van der Waals surface area contributed by atoms with Crippen LogP contribution in [-0.4, -0.2) is 16.5 Å². The van der Waals surface area contributed by atoms with Gasteiger partial charge in [0.05, 0.1) is 3.79 Å². The number of nitrogens with one attached hydrogen (secondary N) is 2. The van der Waals surface area contributed by atoms with Crippen molar-refractivity contribution in [2.24, 2.45) is 0 Å². The molecule has 0 fully saturated rings. The van der Waals surface area contributed by atoms with Gasteiger partial charge in [-0.1, -0.05) is 0 Å². The standard InChI is InChI=1S/C14H14BrN3S/c15-13-4-3-11(19-13)5-7-16-8-10-9-18-14-12(10)2-1-6-17-14/h1-4,6,9,16H,5,7-8H2,(H,17,18). The molecule has 0 saturated carbocycles. The van der Waals surface area contributed by atoms with E-state index in [0.717, 1.165) is 25.2 Å². The van der Waals surface area contributed by atoms with Crippen molar-refractivity contribution in [2.45, 2.75) is 13.0 Å². The van der Waals surface area contributed by atoms with Crippen LogP contribution >= 0.6 is 27.3 Å². The Hall–Kier alpha value is -1.17. The predicted molar refractivity (Wildman–Crippen MR) is 83.5 cm³/mol. The first kappa shape index (κ1) is 12.8. The average molecular weight is 336 g/mol. The van der Waals surface area contributed by atoms with Gasteiger partial charge in [0, 0.05) is 35.7 Å². The van der Waals surface area contributed by atoms with Gasteiger partial charge in [0.15, 0.2) is 0 Å². The van der Waals surface area contributed by atoms with E-state index in [1.807, 2.05) is 18.5 Å². The Morgan fingerprint density at radius 1 is 1.32 bits per heavy atom. The summed E-state index contributed by atoms with van der Waals surface area (Å²) in [4.78, 5) is 8.89. The van der Waals surface area contributed by atoms with Crippen molar-refractivity contribution >= 4 is 38.3 Å². The van der Waals surface area contributed by atoms with E-state index in [2.05, 4.69) is 49.4 Å². The summed E-state index contributed by atoms with van der Waals surface area (Å²) in [6.07, 6.45) is 4.91. The molecule has 0 aliphatic carbocycles. The van der Waals surface area contributed by atoms with Gasteiger partial charge >= 0.3 is 0 Å². The van der Waals surface area contributed by atoms with Crippen LogP contribution in [0.1, 0.15) is 10.4 Å². The lowest BCUT2D eigenvalue weighted by Crippen LogP contribution is -2.16. The van der Waals surface area contributed by atoms with Gasteiger partial charge in [-0.05, 0) is 52.2 Å². The van der Waals surface area contributed by atoms with Crippen LogP contribution in [0.25, 0.3) is 11.0 Å². The van der Waals surface area contributed by atoms with Gasteiger partial charge in [0.2, 0.25) is 0 Å². The lowest BCUT2D eigenvalue weighted by molar-refractivity contribution is 0.693. The maximum absolute atomic E-state index is 4.29. The lowest BCUT2D eigenvalue weighted by Gasteiger charge is -2.02. The van der Waals surface area contributed by atoms with Crippen molar-refractivity contribution < 1.29 is 0 Å². The highest BCUT2D eigenvalue weighted by molar-refractivity contribution is 9.11. The molecule has 3 aromatic heterocycles. The Morgan fingerprint density at radius 3 is 3.11 bits per heavy atom. The van der Waals surface area contributed by atoms with Crippen LogP contribution in [0.2, 0.25) is 0 Å². The maximum Gasteiger partial charge on any atom is 0.137 e. The minimum absolute atomic E-state index is 0.873. The van der Waals surface area contributed by atoms with Crippen LogP contribution in [0, 0.1) is 0 Å². The largest absolute Gasteiger partial charge is 0.346 e. The van der Waals surface area contributed by atoms with Gasteiger partial charge in [0.1, 0.15) is 5.65 Å². The quantitative estimate of drug-likeness (QED) is 0.697. The molecule has 98 valence electrons. The molecule has 3 aromatic rings. The number of aromatic amines is 1. The van der Waals surface area contributed by atoms with E-state index in [0.29, 0.717) is 0 Å². The molecule has 0 aliphatic heterocycles. The summed E-state index contributed by atoms with van der Waals surface area (Å²) in [7, 11) is 0. The molecule has 0 saturated heterocycles. The number of halogens is 1. The fourth-order valence-corrected chi connectivity index (χ4v) is 3.56. The number of rotatable bonds is 5. The number of nitrogens with zero attached hydrogens (tertiary/aromatic N) is 1. The van der Waals surface area contributed by atoms with E-state index in [4.69, 9.17) is 0 Å². The summed E-state index contributed by atoms with van der Waals surface area (Å²) in [6.45, 7) is 1.86. The first-order valence-corrected chi connectivity index (χ1v) is 7.80. The molecule has 3 rings (SSSR count). The zero-order chi connectivity index (χ0) is 13.1. The number of aromatic nitrogens is 2. The Labute approximate surface area is 124 Å². The lowest BCUT2D eigenvalue weighted by atomic mass is 10.2. The van der Waals surface area contributed by atoms with Crippen LogP contribution in [0.15, 0.2) is 40.4 Å². The molecule has 0 unspecified atom stereocenters. The highest BCUT2D eigenvalue weighted by Crippen LogP contribution is 2.22. The Balaban J connectivity index is 1.55. The molecule has 5 heteroatoms. The van der Waals surface area contributed by atoms with Crippen LogP contribution in [0.3, 0.4) is 0 Å². The highest BCUT2D eigenvalue weighted by atomic mass is 79.9. The van der Waals surface area contributed by atoms with Gasteiger partial charge in [-0.3, -0.25) is 0 Å². The molecular weight excluding hydrogens is 322 g/mol.